The molecular weight excluding hydrogens is 240 g/mol. The number of hydrogen-bond donors (Lipinski definition) is 2. The van der Waals surface area contributed by atoms with E-state index in [-0.39, 0.29) is 24.1 Å². The quantitative estimate of drug-likeness (QED) is 0.740. The number of aliphatic hydroxyl groups is 1. The van der Waals surface area contributed by atoms with Crippen LogP contribution in [0.15, 0.2) is 0 Å². The molecule has 18 heavy (non-hydrogen) atoms. The normalized spacial score (nSPS) is 28.5. The second-order valence-electron chi connectivity index (χ2n) is 6.14. The number of rotatable bonds is 7. The fourth-order valence-electron chi connectivity index (χ4n) is 2.18. The zero-order valence-corrected chi connectivity index (χ0v) is 11.6. The zero-order chi connectivity index (χ0) is 13.9. The molecule has 3 unspecified atom stereocenters. The van der Waals surface area contributed by atoms with Crippen molar-refractivity contribution in [1.82, 2.24) is 5.32 Å². The van der Waals surface area contributed by atoms with Gasteiger partial charge in [-0.25, -0.2) is 8.78 Å². The van der Waals surface area contributed by atoms with Gasteiger partial charge in [0.2, 0.25) is 0 Å². The summed E-state index contributed by atoms with van der Waals surface area (Å²) in [7, 11) is 0. The van der Waals surface area contributed by atoms with Crippen molar-refractivity contribution in [1.29, 1.82) is 0 Å². The van der Waals surface area contributed by atoms with Crippen molar-refractivity contribution in [2.75, 3.05) is 13.2 Å². The van der Waals surface area contributed by atoms with Gasteiger partial charge in [-0.3, -0.25) is 0 Å². The molecule has 0 bridgehead atoms. The van der Waals surface area contributed by atoms with E-state index in [4.69, 9.17) is 9.84 Å². The van der Waals surface area contributed by atoms with Crippen LogP contribution in [-0.4, -0.2) is 42.9 Å². The van der Waals surface area contributed by atoms with Gasteiger partial charge in [-0.2, -0.15) is 0 Å². The second kappa shape index (κ2) is 6.26. The highest BCUT2D eigenvalue weighted by molar-refractivity contribution is 5.03. The Morgan fingerprint density at radius 2 is 2.00 bits per heavy atom. The standard InChI is InChI=1S/C13H25F2NO2/c1-8(2)7-18-11-5-10(13(11,3)4)16-6-9(17)12(14)15/h8-12,16-17H,5-7H2,1-4H3. The van der Waals surface area contributed by atoms with E-state index in [1.54, 1.807) is 0 Å². The maximum atomic E-state index is 12.2. The van der Waals surface area contributed by atoms with E-state index >= 15 is 0 Å². The van der Waals surface area contributed by atoms with Crippen LogP contribution in [0, 0.1) is 11.3 Å². The molecule has 0 aromatic carbocycles. The summed E-state index contributed by atoms with van der Waals surface area (Å²) in [5.41, 5.74) is -0.0727. The molecular formula is C13H25F2NO2. The third-order valence-corrected chi connectivity index (χ3v) is 3.67. The third-order valence-electron chi connectivity index (χ3n) is 3.67. The molecule has 1 aliphatic rings. The summed E-state index contributed by atoms with van der Waals surface area (Å²) in [4.78, 5) is 0. The van der Waals surface area contributed by atoms with Gasteiger partial charge >= 0.3 is 0 Å². The van der Waals surface area contributed by atoms with Crippen molar-refractivity contribution >= 4 is 0 Å². The highest BCUT2D eigenvalue weighted by atomic mass is 19.3. The first-order chi connectivity index (χ1) is 8.25. The molecule has 0 aromatic rings. The van der Waals surface area contributed by atoms with Crippen LogP contribution in [0.4, 0.5) is 8.78 Å². The molecule has 108 valence electrons. The summed E-state index contributed by atoms with van der Waals surface area (Å²) in [5.74, 6) is 0.494. The molecule has 0 saturated heterocycles. The van der Waals surface area contributed by atoms with Crippen LogP contribution in [-0.2, 0) is 4.74 Å². The Kier molecular flexibility index (Phi) is 5.49. The van der Waals surface area contributed by atoms with Crippen LogP contribution in [0.3, 0.4) is 0 Å². The van der Waals surface area contributed by atoms with Gasteiger partial charge in [0.25, 0.3) is 6.43 Å². The van der Waals surface area contributed by atoms with Crippen LogP contribution in [0.25, 0.3) is 0 Å². The number of ether oxygens (including phenoxy) is 1. The molecule has 0 amide bonds. The van der Waals surface area contributed by atoms with E-state index in [9.17, 15) is 8.78 Å². The third kappa shape index (κ3) is 3.87. The van der Waals surface area contributed by atoms with Gasteiger partial charge in [-0.05, 0) is 12.3 Å². The van der Waals surface area contributed by atoms with Crippen molar-refractivity contribution in [3.05, 3.63) is 0 Å². The molecule has 5 heteroatoms. The summed E-state index contributed by atoms with van der Waals surface area (Å²) in [6.07, 6.45) is -3.29. The zero-order valence-electron chi connectivity index (χ0n) is 11.6. The lowest BCUT2D eigenvalue weighted by Gasteiger charge is -2.52. The first-order valence-electron chi connectivity index (χ1n) is 6.56. The SMILES string of the molecule is CC(C)COC1CC(NCC(O)C(F)F)C1(C)C. The number of alkyl halides is 2. The fourth-order valence-corrected chi connectivity index (χ4v) is 2.18. The summed E-state index contributed by atoms with van der Waals surface area (Å²) >= 11 is 0. The second-order valence-corrected chi connectivity index (χ2v) is 6.14. The average Bonchev–Trinajstić information content (AvgIpc) is 2.25. The molecule has 1 aliphatic carbocycles. The minimum absolute atomic E-state index is 0.0668. The average molecular weight is 265 g/mol. The Balaban J connectivity index is 2.30. The Hall–Kier alpha value is -0.260. The predicted molar refractivity (Wildman–Crippen MR) is 66.8 cm³/mol. The fraction of sp³-hybridized carbons (Fsp3) is 1.00. The Labute approximate surface area is 108 Å². The van der Waals surface area contributed by atoms with Crippen LogP contribution < -0.4 is 5.32 Å². The predicted octanol–water partition coefficient (Wildman–Crippen LogP) is 2.04. The maximum absolute atomic E-state index is 12.2. The number of aliphatic hydroxyl groups excluding tert-OH is 1. The van der Waals surface area contributed by atoms with Crippen molar-refractivity contribution in [3.8, 4) is 0 Å². The van der Waals surface area contributed by atoms with E-state index in [1.807, 2.05) is 0 Å². The monoisotopic (exact) mass is 265 g/mol. The van der Waals surface area contributed by atoms with Gasteiger partial charge in [0, 0.05) is 24.6 Å². The Morgan fingerprint density at radius 1 is 1.39 bits per heavy atom. The molecule has 0 radical (unpaired) electrons. The van der Waals surface area contributed by atoms with Gasteiger partial charge in [0.05, 0.1) is 6.10 Å². The highest BCUT2D eigenvalue weighted by Gasteiger charge is 2.48. The molecule has 3 atom stereocenters. The summed E-state index contributed by atoms with van der Waals surface area (Å²) in [6.45, 7) is 8.98. The number of nitrogens with one attached hydrogen (secondary N) is 1. The largest absolute Gasteiger partial charge is 0.386 e. The lowest BCUT2D eigenvalue weighted by molar-refractivity contribution is -0.126. The molecule has 2 N–H and O–H groups in total. The molecule has 0 aromatic heterocycles. The molecule has 1 rings (SSSR count). The molecule has 0 aliphatic heterocycles. The summed E-state index contributed by atoms with van der Waals surface area (Å²) in [6, 6.07) is 0.128. The molecule has 0 spiro atoms. The minimum atomic E-state index is -2.69. The lowest BCUT2D eigenvalue weighted by Crippen LogP contribution is -2.62. The molecule has 3 nitrogen and oxygen atoms in total. The van der Waals surface area contributed by atoms with E-state index in [1.165, 1.54) is 0 Å². The van der Waals surface area contributed by atoms with Crippen molar-refractivity contribution in [2.45, 2.75) is 58.8 Å². The summed E-state index contributed by atoms with van der Waals surface area (Å²) < 4.78 is 30.1. The van der Waals surface area contributed by atoms with E-state index < -0.39 is 12.5 Å². The molecule has 1 fully saturated rings. The van der Waals surface area contributed by atoms with Gasteiger partial charge in [-0.15, -0.1) is 0 Å². The van der Waals surface area contributed by atoms with Crippen LogP contribution >= 0.6 is 0 Å². The smallest absolute Gasteiger partial charge is 0.265 e. The lowest BCUT2D eigenvalue weighted by atomic mass is 9.64. The van der Waals surface area contributed by atoms with Gasteiger partial charge in [0.15, 0.2) is 0 Å². The van der Waals surface area contributed by atoms with Crippen LogP contribution in [0.2, 0.25) is 0 Å². The molecule has 0 heterocycles. The number of halogens is 2. The van der Waals surface area contributed by atoms with Crippen LogP contribution in [0.5, 0.6) is 0 Å². The minimum Gasteiger partial charge on any atom is -0.386 e. The maximum Gasteiger partial charge on any atom is 0.265 e. The van der Waals surface area contributed by atoms with Crippen molar-refractivity contribution in [2.24, 2.45) is 11.3 Å². The highest BCUT2D eigenvalue weighted by Crippen LogP contribution is 2.42. The van der Waals surface area contributed by atoms with Crippen molar-refractivity contribution in [3.63, 3.8) is 0 Å². The first-order valence-corrected chi connectivity index (χ1v) is 6.56. The molecule has 1 saturated carbocycles. The van der Waals surface area contributed by atoms with Crippen molar-refractivity contribution < 1.29 is 18.6 Å². The summed E-state index contributed by atoms with van der Waals surface area (Å²) in [5, 5.41) is 12.1. The van der Waals surface area contributed by atoms with E-state index in [2.05, 4.69) is 33.0 Å². The van der Waals surface area contributed by atoms with E-state index in [0.29, 0.717) is 5.92 Å². The Morgan fingerprint density at radius 3 is 2.44 bits per heavy atom. The topological polar surface area (TPSA) is 41.5 Å². The van der Waals surface area contributed by atoms with E-state index in [0.717, 1.165) is 13.0 Å². The first kappa shape index (κ1) is 15.8. The van der Waals surface area contributed by atoms with Gasteiger partial charge in [0.1, 0.15) is 6.10 Å². The van der Waals surface area contributed by atoms with Gasteiger partial charge in [-0.1, -0.05) is 27.7 Å². The van der Waals surface area contributed by atoms with Gasteiger partial charge < -0.3 is 15.2 Å². The van der Waals surface area contributed by atoms with Crippen LogP contribution in [0.1, 0.15) is 34.1 Å². The Bertz CT molecular complexity index is 259. The number of hydrogen-bond acceptors (Lipinski definition) is 3.